The van der Waals surface area contributed by atoms with Gasteiger partial charge in [-0.15, -0.1) is 12.4 Å². The summed E-state index contributed by atoms with van der Waals surface area (Å²) in [5.41, 5.74) is 1.21. The molecule has 124 valence electrons. The van der Waals surface area contributed by atoms with E-state index in [1.807, 2.05) is 18.2 Å². The first kappa shape index (κ1) is 19.0. The molecule has 1 heterocycles. The highest BCUT2D eigenvalue weighted by molar-refractivity contribution is 5.85. The van der Waals surface area contributed by atoms with Gasteiger partial charge in [-0.25, -0.2) is 0 Å². The summed E-state index contributed by atoms with van der Waals surface area (Å²) in [7, 11) is 0. The lowest BCUT2D eigenvalue weighted by Crippen LogP contribution is -2.43. The van der Waals surface area contributed by atoms with Crippen molar-refractivity contribution in [2.75, 3.05) is 6.54 Å². The molecule has 1 fully saturated rings. The number of amides is 1. The SMILES string of the molecule is CC(C)CC(NC(=O)[C@H]1CCN[C@@H](C)C1)c1ccccc1.Cl. The Hall–Kier alpha value is -1.06. The molecule has 1 unspecified atom stereocenters. The van der Waals surface area contributed by atoms with Crippen LogP contribution in [0.4, 0.5) is 0 Å². The van der Waals surface area contributed by atoms with Gasteiger partial charge in [0.05, 0.1) is 6.04 Å². The molecule has 4 heteroatoms. The molecule has 22 heavy (non-hydrogen) atoms. The van der Waals surface area contributed by atoms with E-state index in [9.17, 15) is 4.79 Å². The molecule has 0 spiro atoms. The molecule has 2 N–H and O–H groups in total. The second kappa shape index (κ2) is 9.16. The predicted octanol–water partition coefficient (Wildman–Crippen LogP) is 3.70. The normalized spacial score (nSPS) is 22.7. The van der Waals surface area contributed by atoms with Crippen LogP contribution >= 0.6 is 12.4 Å². The van der Waals surface area contributed by atoms with Gasteiger partial charge in [-0.2, -0.15) is 0 Å². The maximum absolute atomic E-state index is 12.6. The summed E-state index contributed by atoms with van der Waals surface area (Å²) in [5, 5.41) is 6.69. The molecule has 2 rings (SSSR count). The summed E-state index contributed by atoms with van der Waals surface area (Å²) < 4.78 is 0. The van der Waals surface area contributed by atoms with Gasteiger partial charge in [0.2, 0.25) is 5.91 Å². The minimum atomic E-state index is 0. The highest BCUT2D eigenvalue weighted by Gasteiger charge is 2.26. The zero-order chi connectivity index (χ0) is 15.2. The van der Waals surface area contributed by atoms with Gasteiger partial charge in [0.15, 0.2) is 0 Å². The Morgan fingerprint density at radius 1 is 1.32 bits per heavy atom. The molecule has 1 aromatic rings. The minimum Gasteiger partial charge on any atom is -0.349 e. The van der Waals surface area contributed by atoms with Crippen LogP contribution in [0.25, 0.3) is 0 Å². The predicted molar refractivity (Wildman–Crippen MR) is 94.2 cm³/mol. The molecule has 0 aromatic heterocycles. The van der Waals surface area contributed by atoms with Crippen LogP contribution in [0.5, 0.6) is 0 Å². The minimum absolute atomic E-state index is 0. The van der Waals surface area contributed by atoms with Crippen LogP contribution in [0.15, 0.2) is 30.3 Å². The molecular weight excluding hydrogens is 296 g/mol. The summed E-state index contributed by atoms with van der Waals surface area (Å²) in [4.78, 5) is 12.6. The van der Waals surface area contributed by atoms with Crippen molar-refractivity contribution in [1.82, 2.24) is 10.6 Å². The van der Waals surface area contributed by atoms with Crippen molar-refractivity contribution in [1.29, 1.82) is 0 Å². The summed E-state index contributed by atoms with van der Waals surface area (Å²) in [6, 6.07) is 10.9. The van der Waals surface area contributed by atoms with Gasteiger partial charge < -0.3 is 10.6 Å². The van der Waals surface area contributed by atoms with E-state index in [2.05, 4.69) is 43.5 Å². The van der Waals surface area contributed by atoms with Crippen LogP contribution < -0.4 is 10.6 Å². The Bertz CT molecular complexity index is 450. The molecule has 1 saturated heterocycles. The third-order valence-electron chi connectivity index (χ3n) is 4.22. The van der Waals surface area contributed by atoms with Crippen LogP contribution in [0.2, 0.25) is 0 Å². The van der Waals surface area contributed by atoms with Crippen LogP contribution in [0.1, 0.15) is 51.6 Å². The van der Waals surface area contributed by atoms with Gasteiger partial charge in [0.25, 0.3) is 0 Å². The number of carbonyl (C=O) groups is 1. The monoisotopic (exact) mass is 324 g/mol. The van der Waals surface area contributed by atoms with Crippen molar-refractivity contribution in [2.24, 2.45) is 11.8 Å². The maximum atomic E-state index is 12.6. The fraction of sp³-hybridized carbons (Fsp3) is 0.611. The Balaban J connectivity index is 0.00000242. The lowest BCUT2D eigenvalue weighted by molar-refractivity contribution is -0.127. The van der Waals surface area contributed by atoms with Crippen LogP contribution in [-0.2, 0) is 4.79 Å². The smallest absolute Gasteiger partial charge is 0.223 e. The fourth-order valence-electron chi connectivity index (χ4n) is 3.09. The van der Waals surface area contributed by atoms with E-state index in [1.54, 1.807) is 0 Å². The van der Waals surface area contributed by atoms with Gasteiger partial charge >= 0.3 is 0 Å². The number of rotatable bonds is 5. The van der Waals surface area contributed by atoms with Crippen molar-refractivity contribution >= 4 is 18.3 Å². The van der Waals surface area contributed by atoms with Gasteiger partial charge in [-0.3, -0.25) is 4.79 Å². The molecule has 1 aromatic carbocycles. The molecule has 3 nitrogen and oxygen atoms in total. The standard InChI is InChI=1S/C18H28N2O.ClH/c1-13(2)11-17(15-7-5-4-6-8-15)20-18(21)16-9-10-19-14(3)12-16;/h4-8,13-14,16-17,19H,9-12H2,1-3H3,(H,20,21);1H/t14-,16-,17?;/m0./s1. The van der Waals surface area contributed by atoms with Gasteiger partial charge in [-0.1, -0.05) is 44.2 Å². The zero-order valence-corrected chi connectivity index (χ0v) is 14.7. The summed E-state index contributed by atoms with van der Waals surface area (Å²) in [6.07, 6.45) is 2.87. The molecule has 1 aliphatic heterocycles. The first-order valence-electron chi connectivity index (χ1n) is 8.15. The van der Waals surface area contributed by atoms with E-state index in [4.69, 9.17) is 0 Å². The first-order valence-corrected chi connectivity index (χ1v) is 8.15. The number of piperidine rings is 1. The van der Waals surface area contributed by atoms with Crippen LogP contribution in [0, 0.1) is 11.8 Å². The largest absolute Gasteiger partial charge is 0.349 e. The van der Waals surface area contributed by atoms with E-state index >= 15 is 0 Å². The highest BCUT2D eigenvalue weighted by Crippen LogP contribution is 2.23. The van der Waals surface area contributed by atoms with Crippen molar-refractivity contribution in [2.45, 2.75) is 52.1 Å². The number of carbonyl (C=O) groups excluding carboxylic acids is 1. The highest BCUT2D eigenvalue weighted by atomic mass is 35.5. The van der Waals surface area contributed by atoms with Crippen molar-refractivity contribution in [3.8, 4) is 0 Å². The van der Waals surface area contributed by atoms with Crippen LogP contribution in [0.3, 0.4) is 0 Å². The second-order valence-corrected chi connectivity index (χ2v) is 6.68. The average molecular weight is 325 g/mol. The number of halogens is 1. The lowest BCUT2D eigenvalue weighted by Gasteiger charge is -2.29. The van der Waals surface area contributed by atoms with Gasteiger partial charge in [-0.05, 0) is 44.2 Å². The van der Waals surface area contributed by atoms with Gasteiger partial charge in [0, 0.05) is 12.0 Å². The van der Waals surface area contributed by atoms with Crippen molar-refractivity contribution in [3.05, 3.63) is 35.9 Å². The molecule has 0 bridgehead atoms. The van der Waals surface area contributed by atoms with E-state index in [-0.39, 0.29) is 30.3 Å². The van der Waals surface area contributed by atoms with Crippen molar-refractivity contribution < 1.29 is 4.79 Å². The molecular formula is C18H29ClN2O. The Kier molecular flexibility index (Phi) is 7.91. The molecule has 3 atom stereocenters. The maximum Gasteiger partial charge on any atom is 0.223 e. The third kappa shape index (κ3) is 5.62. The Labute approximate surface area is 140 Å². The van der Waals surface area contributed by atoms with E-state index in [0.717, 1.165) is 25.8 Å². The molecule has 1 aliphatic rings. The Morgan fingerprint density at radius 3 is 2.59 bits per heavy atom. The van der Waals surface area contributed by atoms with Gasteiger partial charge in [0.1, 0.15) is 0 Å². The summed E-state index contributed by atoms with van der Waals surface area (Å²) in [5.74, 6) is 0.930. The van der Waals surface area contributed by atoms with E-state index < -0.39 is 0 Å². The topological polar surface area (TPSA) is 41.1 Å². The molecule has 0 radical (unpaired) electrons. The number of hydrogen-bond donors (Lipinski definition) is 2. The quantitative estimate of drug-likeness (QED) is 0.867. The molecule has 0 saturated carbocycles. The summed E-state index contributed by atoms with van der Waals surface area (Å²) >= 11 is 0. The zero-order valence-electron chi connectivity index (χ0n) is 13.8. The van der Waals surface area contributed by atoms with E-state index in [1.165, 1.54) is 5.56 Å². The van der Waals surface area contributed by atoms with Crippen LogP contribution in [-0.4, -0.2) is 18.5 Å². The summed E-state index contributed by atoms with van der Waals surface area (Å²) in [6.45, 7) is 7.51. The van der Waals surface area contributed by atoms with E-state index in [0.29, 0.717) is 12.0 Å². The number of nitrogens with one attached hydrogen (secondary N) is 2. The Morgan fingerprint density at radius 2 is 2.00 bits per heavy atom. The lowest BCUT2D eigenvalue weighted by atomic mass is 9.91. The first-order chi connectivity index (χ1) is 10.1. The molecule has 0 aliphatic carbocycles. The van der Waals surface area contributed by atoms with Crippen molar-refractivity contribution in [3.63, 3.8) is 0 Å². The number of benzene rings is 1. The third-order valence-corrected chi connectivity index (χ3v) is 4.22. The fourth-order valence-corrected chi connectivity index (χ4v) is 3.09. The second-order valence-electron chi connectivity index (χ2n) is 6.68. The number of hydrogen-bond acceptors (Lipinski definition) is 2. The average Bonchev–Trinajstić information content (AvgIpc) is 2.47. The molecule has 1 amide bonds.